The van der Waals surface area contributed by atoms with Crippen molar-refractivity contribution in [3.8, 4) is 5.75 Å². The Labute approximate surface area is 187 Å². The van der Waals surface area contributed by atoms with Gasteiger partial charge in [-0.3, -0.25) is 10.3 Å². The molecule has 0 radical (unpaired) electrons. The van der Waals surface area contributed by atoms with E-state index in [1.165, 1.54) is 0 Å². The topological polar surface area (TPSA) is 67.8 Å². The lowest BCUT2D eigenvalue weighted by Crippen LogP contribution is -2.14. The van der Waals surface area contributed by atoms with Gasteiger partial charge in [-0.25, -0.2) is 4.79 Å². The smallest absolute Gasteiger partial charge is 0.341 e. The van der Waals surface area contributed by atoms with Gasteiger partial charge in [0.15, 0.2) is 6.61 Å². The first-order valence-electron chi connectivity index (χ1n) is 10.6. The Hall–Kier alpha value is -3.83. The van der Waals surface area contributed by atoms with Crippen LogP contribution in [0.25, 0.3) is 6.08 Å². The number of nitrogens with one attached hydrogen (secondary N) is 1. The molecule has 3 aromatic carbocycles. The van der Waals surface area contributed by atoms with Crippen molar-refractivity contribution in [1.29, 1.82) is 0 Å². The van der Waals surface area contributed by atoms with E-state index in [1.54, 1.807) is 6.20 Å². The molecule has 1 aliphatic rings. The maximum Gasteiger partial charge on any atom is 0.341 e. The lowest BCUT2D eigenvalue weighted by Gasteiger charge is -2.19. The average molecular weight is 428 g/mol. The summed E-state index contributed by atoms with van der Waals surface area (Å²) in [7, 11) is 0. The van der Waals surface area contributed by atoms with Gasteiger partial charge in [0.1, 0.15) is 11.9 Å². The quantitative estimate of drug-likeness (QED) is 0.453. The standard InChI is InChI=1S/C27H25NO4/c29-26(30)19-31-25-13-7-12-23-18-20(14-15-24(23)25)16-17-28-32-27(21-8-3-1-4-9-21)22-10-5-2-6-11-22/h1-13,16-18,27-28H,14-15,19H2,(H,29,30). The molecule has 0 aromatic heterocycles. The number of carboxylic acids is 1. The number of ether oxygens (including phenoxy) is 1. The number of rotatable bonds is 9. The van der Waals surface area contributed by atoms with Gasteiger partial charge < -0.3 is 9.84 Å². The van der Waals surface area contributed by atoms with Crippen molar-refractivity contribution in [3.63, 3.8) is 0 Å². The summed E-state index contributed by atoms with van der Waals surface area (Å²) in [5.74, 6) is -0.341. The first kappa shape index (κ1) is 21.4. The zero-order chi connectivity index (χ0) is 22.2. The molecule has 0 amide bonds. The number of hydrogen-bond donors (Lipinski definition) is 2. The van der Waals surface area contributed by atoms with Crippen molar-refractivity contribution in [2.24, 2.45) is 0 Å². The van der Waals surface area contributed by atoms with Gasteiger partial charge in [0.2, 0.25) is 0 Å². The molecule has 0 fully saturated rings. The van der Waals surface area contributed by atoms with Crippen molar-refractivity contribution in [3.05, 3.63) is 119 Å². The van der Waals surface area contributed by atoms with Crippen LogP contribution in [0.4, 0.5) is 0 Å². The first-order chi connectivity index (χ1) is 15.7. The molecular formula is C27H25NO4. The molecular weight excluding hydrogens is 402 g/mol. The Balaban J connectivity index is 1.43. The van der Waals surface area contributed by atoms with Crippen molar-refractivity contribution >= 4 is 12.0 Å². The number of aliphatic carboxylic acids is 1. The lowest BCUT2D eigenvalue weighted by atomic mass is 9.91. The number of allylic oxidation sites excluding steroid dienone is 2. The van der Waals surface area contributed by atoms with Crippen LogP contribution in [0.5, 0.6) is 5.75 Å². The molecule has 0 atom stereocenters. The van der Waals surface area contributed by atoms with Gasteiger partial charge in [0, 0.05) is 11.8 Å². The zero-order valence-electron chi connectivity index (χ0n) is 17.6. The Morgan fingerprint density at radius 2 is 1.62 bits per heavy atom. The molecule has 5 heteroatoms. The molecule has 0 saturated carbocycles. The molecule has 2 N–H and O–H groups in total. The Kier molecular flexibility index (Phi) is 7.00. The highest BCUT2D eigenvalue weighted by Gasteiger charge is 2.16. The predicted molar refractivity (Wildman–Crippen MR) is 124 cm³/mol. The van der Waals surface area contributed by atoms with Crippen LogP contribution in [0.1, 0.15) is 34.8 Å². The maximum absolute atomic E-state index is 10.8. The lowest BCUT2D eigenvalue weighted by molar-refractivity contribution is -0.139. The maximum atomic E-state index is 10.8. The Morgan fingerprint density at radius 3 is 2.28 bits per heavy atom. The number of benzene rings is 3. The van der Waals surface area contributed by atoms with Crippen LogP contribution in [0.2, 0.25) is 0 Å². The van der Waals surface area contributed by atoms with E-state index in [0.717, 1.165) is 40.7 Å². The third-order valence-corrected chi connectivity index (χ3v) is 5.28. The highest BCUT2D eigenvalue weighted by atomic mass is 16.7. The molecule has 32 heavy (non-hydrogen) atoms. The summed E-state index contributed by atoms with van der Waals surface area (Å²) in [5, 5.41) is 8.86. The summed E-state index contributed by atoms with van der Waals surface area (Å²) >= 11 is 0. The monoisotopic (exact) mass is 427 g/mol. The third kappa shape index (κ3) is 5.45. The molecule has 5 nitrogen and oxygen atoms in total. The highest BCUT2D eigenvalue weighted by Crippen LogP contribution is 2.31. The van der Waals surface area contributed by atoms with Crippen molar-refractivity contribution in [1.82, 2.24) is 5.48 Å². The SMILES string of the molecule is O=C(O)COc1cccc2c1CCC(C=CNOC(c1ccccc1)c1ccccc1)=C2. The molecule has 3 aromatic rings. The molecule has 0 spiro atoms. The van der Waals surface area contributed by atoms with E-state index >= 15 is 0 Å². The largest absolute Gasteiger partial charge is 0.482 e. The normalized spacial score (nSPS) is 13.0. The van der Waals surface area contributed by atoms with Crippen LogP contribution >= 0.6 is 0 Å². The number of carboxylic acid groups (broad SMARTS) is 1. The van der Waals surface area contributed by atoms with E-state index in [0.29, 0.717) is 5.75 Å². The van der Waals surface area contributed by atoms with Crippen LogP contribution in [0, 0.1) is 0 Å². The summed E-state index contributed by atoms with van der Waals surface area (Å²) in [4.78, 5) is 16.8. The summed E-state index contributed by atoms with van der Waals surface area (Å²) in [6, 6.07) is 25.9. The highest BCUT2D eigenvalue weighted by molar-refractivity contribution is 5.69. The van der Waals surface area contributed by atoms with E-state index in [4.69, 9.17) is 14.7 Å². The van der Waals surface area contributed by atoms with E-state index in [2.05, 4.69) is 11.6 Å². The molecule has 0 heterocycles. The molecule has 0 aliphatic heterocycles. The molecule has 162 valence electrons. The fourth-order valence-corrected chi connectivity index (χ4v) is 3.77. The van der Waals surface area contributed by atoms with E-state index in [1.807, 2.05) is 84.9 Å². The fraction of sp³-hybridized carbons (Fsp3) is 0.148. The zero-order valence-corrected chi connectivity index (χ0v) is 17.6. The van der Waals surface area contributed by atoms with Crippen LogP contribution in [0.3, 0.4) is 0 Å². The molecule has 0 saturated heterocycles. The Bertz CT molecular complexity index is 1070. The second kappa shape index (κ2) is 10.5. The van der Waals surface area contributed by atoms with Gasteiger partial charge in [-0.1, -0.05) is 78.9 Å². The predicted octanol–water partition coefficient (Wildman–Crippen LogP) is 5.30. The minimum absolute atomic E-state index is 0.225. The second-order valence-electron chi connectivity index (χ2n) is 7.50. The number of hydroxylamine groups is 1. The van der Waals surface area contributed by atoms with Gasteiger partial charge in [-0.2, -0.15) is 0 Å². The summed E-state index contributed by atoms with van der Waals surface area (Å²) < 4.78 is 5.43. The molecule has 1 aliphatic carbocycles. The third-order valence-electron chi connectivity index (χ3n) is 5.28. The van der Waals surface area contributed by atoms with E-state index in [-0.39, 0.29) is 12.7 Å². The van der Waals surface area contributed by atoms with E-state index < -0.39 is 5.97 Å². The van der Waals surface area contributed by atoms with Crippen LogP contribution in [-0.4, -0.2) is 17.7 Å². The van der Waals surface area contributed by atoms with Crippen molar-refractivity contribution in [2.75, 3.05) is 6.61 Å². The number of hydrogen-bond acceptors (Lipinski definition) is 4. The van der Waals surface area contributed by atoms with Crippen LogP contribution in [-0.2, 0) is 16.1 Å². The minimum atomic E-state index is -0.979. The van der Waals surface area contributed by atoms with Gasteiger partial charge in [-0.15, -0.1) is 0 Å². The summed E-state index contributed by atoms with van der Waals surface area (Å²) in [6.07, 6.45) is 7.30. The molecule has 0 bridgehead atoms. The molecule has 0 unspecified atom stereocenters. The van der Waals surface area contributed by atoms with Gasteiger partial charge in [0.25, 0.3) is 0 Å². The van der Waals surface area contributed by atoms with E-state index in [9.17, 15) is 4.79 Å². The summed E-state index contributed by atoms with van der Waals surface area (Å²) in [6.45, 7) is -0.335. The average Bonchev–Trinajstić information content (AvgIpc) is 2.83. The minimum Gasteiger partial charge on any atom is -0.482 e. The second-order valence-corrected chi connectivity index (χ2v) is 7.50. The molecule has 4 rings (SSSR count). The summed E-state index contributed by atoms with van der Waals surface area (Å²) in [5.41, 5.74) is 8.37. The van der Waals surface area contributed by atoms with Gasteiger partial charge >= 0.3 is 5.97 Å². The van der Waals surface area contributed by atoms with Gasteiger partial charge in [0.05, 0.1) is 0 Å². The first-order valence-corrected chi connectivity index (χ1v) is 10.6. The van der Waals surface area contributed by atoms with Gasteiger partial charge in [-0.05, 0) is 47.2 Å². The number of fused-ring (bicyclic) bond motifs is 1. The number of carbonyl (C=O) groups is 1. The van der Waals surface area contributed by atoms with Crippen LogP contribution in [0.15, 0.2) is 96.7 Å². The fourth-order valence-electron chi connectivity index (χ4n) is 3.77. The van der Waals surface area contributed by atoms with Crippen LogP contribution < -0.4 is 10.2 Å². The van der Waals surface area contributed by atoms with Crippen molar-refractivity contribution < 1.29 is 19.5 Å². The Morgan fingerprint density at radius 1 is 0.938 bits per heavy atom. The van der Waals surface area contributed by atoms with Crippen molar-refractivity contribution in [2.45, 2.75) is 18.9 Å².